The molecule has 1 nitrogen and oxygen atoms in total. The smallest absolute Gasteiger partial charge is 0.138 e. The number of hydrogen-bond donors (Lipinski definition) is 0. The lowest BCUT2D eigenvalue weighted by atomic mass is 9.70. The van der Waals surface area contributed by atoms with Crippen molar-refractivity contribution in [2.75, 3.05) is 0 Å². The summed E-state index contributed by atoms with van der Waals surface area (Å²) in [5, 5.41) is 0. The molecule has 2 atom stereocenters. The predicted octanol–water partition coefficient (Wildman–Crippen LogP) is 2.26. The monoisotopic (exact) mass is 140 g/mol. The maximum atomic E-state index is 11.3. The van der Waals surface area contributed by atoms with Crippen LogP contribution in [-0.2, 0) is 4.79 Å². The summed E-state index contributed by atoms with van der Waals surface area (Å²) in [6.45, 7) is 6.16. The Morgan fingerprint density at radius 3 is 2.10 bits per heavy atom. The Kier molecular flexibility index (Phi) is 2.12. The van der Waals surface area contributed by atoms with Crippen molar-refractivity contribution in [2.45, 2.75) is 33.6 Å². The van der Waals surface area contributed by atoms with E-state index in [2.05, 4.69) is 6.92 Å². The van der Waals surface area contributed by atoms with Crippen LogP contribution in [0.2, 0.25) is 0 Å². The summed E-state index contributed by atoms with van der Waals surface area (Å²) in [6.07, 6.45) is 2.39. The molecule has 0 aromatic heterocycles. The van der Waals surface area contributed by atoms with Crippen LogP contribution in [0.15, 0.2) is 0 Å². The summed E-state index contributed by atoms with van der Waals surface area (Å²) in [5.74, 6) is 1.78. The number of rotatable bonds is 2. The second kappa shape index (κ2) is 2.73. The number of carbonyl (C=O) groups is 1. The van der Waals surface area contributed by atoms with Gasteiger partial charge in [-0.2, -0.15) is 0 Å². The topological polar surface area (TPSA) is 17.1 Å². The summed E-state index contributed by atoms with van der Waals surface area (Å²) in [4.78, 5) is 11.3. The summed E-state index contributed by atoms with van der Waals surface area (Å²) in [7, 11) is 0. The van der Waals surface area contributed by atoms with E-state index in [9.17, 15) is 4.79 Å². The first kappa shape index (κ1) is 7.77. The van der Waals surface area contributed by atoms with Crippen LogP contribution in [-0.4, -0.2) is 5.78 Å². The van der Waals surface area contributed by atoms with Crippen molar-refractivity contribution >= 4 is 5.78 Å². The minimum atomic E-state index is 0.243. The fourth-order valence-electron chi connectivity index (χ4n) is 1.52. The maximum absolute atomic E-state index is 11.3. The third kappa shape index (κ3) is 1.23. The molecular weight excluding hydrogens is 124 g/mol. The van der Waals surface area contributed by atoms with Gasteiger partial charge in [-0.1, -0.05) is 20.8 Å². The van der Waals surface area contributed by atoms with Crippen molar-refractivity contribution in [3.63, 3.8) is 0 Å². The van der Waals surface area contributed by atoms with Crippen molar-refractivity contribution in [1.82, 2.24) is 0 Å². The van der Waals surface area contributed by atoms with E-state index in [0.717, 1.165) is 6.42 Å². The minimum absolute atomic E-state index is 0.243. The second-order valence-electron chi connectivity index (χ2n) is 3.72. The van der Waals surface area contributed by atoms with E-state index >= 15 is 0 Å². The average molecular weight is 140 g/mol. The Labute approximate surface area is 62.8 Å². The Morgan fingerprint density at radius 1 is 1.40 bits per heavy atom. The normalized spacial score (nSPS) is 32.0. The molecule has 0 N–H and O–H groups in total. The zero-order valence-corrected chi connectivity index (χ0v) is 7.05. The van der Waals surface area contributed by atoms with Gasteiger partial charge in [-0.25, -0.2) is 0 Å². The zero-order valence-electron chi connectivity index (χ0n) is 7.05. The lowest BCUT2D eigenvalue weighted by molar-refractivity contribution is -0.130. The van der Waals surface area contributed by atoms with Gasteiger partial charge >= 0.3 is 0 Å². The van der Waals surface area contributed by atoms with Gasteiger partial charge in [-0.15, -0.1) is 0 Å². The van der Waals surface area contributed by atoms with Gasteiger partial charge in [0.05, 0.1) is 0 Å². The second-order valence-corrected chi connectivity index (χ2v) is 3.72. The van der Waals surface area contributed by atoms with Crippen LogP contribution in [0.3, 0.4) is 0 Å². The highest BCUT2D eigenvalue weighted by molar-refractivity contribution is 5.83. The van der Waals surface area contributed by atoms with Gasteiger partial charge in [-0.05, 0) is 18.8 Å². The van der Waals surface area contributed by atoms with Crippen LogP contribution in [0.25, 0.3) is 0 Å². The minimum Gasteiger partial charge on any atom is -0.299 e. The van der Waals surface area contributed by atoms with Crippen molar-refractivity contribution in [3.05, 3.63) is 0 Å². The molecule has 0 heterocycles. The van der Waals surface area contributed by atoms with Gasteiger partial charge in [0.15, 0.2) is 0 Å². The van der Waals surface area contributed by atoms with Crippen molar-refractivity contribution < 1.29 is 4.79 Å². The van der Waals surface area contributed by atoms with Crippen LogP contribution in [0.5, 0.6) is 0 Å². The van der Waals surface area contributed by atoms with Crippen LogP contribution in [0.1, 0.15) is 33.6 Å². The first-order valence-electron chi connectivity index (χ1n) is 4.16. The van der Waals surface area contributed by atoms with Crippen molar-refractivity contribution in [2.24, 2.45) is 17.8 Å². The first-order chi connectivity index (χ1) is 4.63. The SMILES string of the molecule is CC(C)C(=O)C1CCC1C. The molecule has 1 aliphatic carbocycles. The van der Waals surface area contributed by atoms with E-state index in [-0.39, 0.29) is 5.92 Å². The highest BCUT2D eigenvalue weighted by atomic mass is 16.1. The van der Waals surface area contributed by atoms with Crippen LogP contribution in [0.4, 0.5) is 0 Å². The lowest BCUT2D eigenvalue weighted by Gasteiger charge is -2.33. The van der Waals surface area contributed by atoms with E-state index in [0.29, 0.717) is 17.6 Å². The van der Waals surface area contributed by atoms with Gasteiger partial charge < -0.3 is 0 Å². The maximum Gasteiger partial charge on any atom is 0.138 e. The molecule has 1 saturated carbocycles. The summed E-state index contributed by atoms with van der Waals surface area (Å²) in [5.41, 5.74) is 0. The third-order valence-corrected chi connectivity index (χ3v) is 2.55. The fraction of sp³-hybridized carbons (Fsp3) is 0.889. The highest BCUT2D eigenvalue weighted by Crippen LogP contribution is 2.35. The Bertz CT molecular complexity index is 138. The number of hydrogen-bond acceptors (Lipinski definition) is 1. The van der Waals surface area contributed by atoms with E-state index in [1.54, 1.807) is 0 Å². The van der Waals surface area contributed by atoms with E-state index in [4.69, 9.17) is 0 Å². The molecular formula is C9H16O. The molecule has 58 valence electrons. The molecule has 1 rings (SSSR count). The van der Waals surface area contributed by atoms with Crippen molar-refractivity contribution in [1.29, 1.82) is 0 Å². The van der Waals surface area contributed by atoms with E-state index in [1.165, 1.54) is 6.42 Å². The largest absolute Gasteiger partial charge is 0.299 e. The van der Waals surface area contributed by atoms with Gasteiger partial charge in [0.1, 0.15) is 5.78 Å². The third-order valence-electron chi connectivity index (χ3n) is 2.55. The van der Waals surface area contributed by atoms with Gasteiger partial charge in [0, 0.05) is 11.8 Å². The molecule has 0 spiro atoms. The standard InChI is InChI=1S/C9H16O/c1-6(2)9(10)8-5-4-7(8)3/h6-8H,4-5H2,1-3H3. The quantitative estimate of drug-likeness (QED) is 0.575. The van der Waals surface area contributed by atoms with Gasteiger partial charge in [0.2, 0.25) is 0 Å². The molecule has 1 heteroatoms. The molecule has 0 aliphatic heterocycles. The molecule has 0 saturated heterocycles. The summed E-state index contributed by atoms with van der Waals surface area (Å²) >= 11 is 0. The van der Waals surface area contributed by atoms with Gasteiger partial charge in [0.25, 0.3) is 0 Å². The van der Waals surface area contributed by atoms with Crippen LogP contribution in [0, 0.1) is 17.8 Å². The number of ketones is 1. The Morgan fingerprint density at radius 2 is 2.00 bits per heavy atom. The van der Waals surface area contributed by atoms with Crippen molar-refractivity contribution in [3.8, 4) is 0 Å². The molecule has 0 aromatic carbocycles. The summed E-state index contributed by atoms with van der Waals surface area (Å²) < 4.78 is 0. The summed E-state index contributed by atoms with van der Waals surface area (Å²) in [6, 6.07) is 0. The number of carbonyl (C=O) groups excluding carboxylic acids is 1. The van der Waals surface area contributed by atoms with Gasteiger partial charge in [-0.3, -0.25) is 4.79 Å². The van der Waals surface area contributed by atoms with E-state index < -0.39 is 0 Å². The molecule has 2 unspecified atom stereocenters. The zero-order chi connectivity index (χ0) is 7.72. The van der Waals surface area contributed by atoms with Crippen LogP contribution < -0.4 is 0 Å². The molecule has 0 aromatic rings. The average Bonchev–Trinajstić information content (AvgIpc) is 1.84. The molecule has 10 heavy (non-hydrogen) atoms. The number of Topliss-reactive ketones (excluding diaryl/α,β-unsaturated/α-hetero) is 1. The molecule has 0 radical (unpaired) electrons. The molecule has 0 bridgehead atoms. The highest BCUT2D eigenvalue weighted by Gasteiger charge is 2.33. The Balaban J connectivity index is 2.42. The fourth-order valence-corrected chi connectivity index (χ4v) is 1.52. The van der Waals surface area contributed by atoms with E-state index in [1.807, 2.05) is 13.8 Å². The Hall–Kier alpha value is -0.330. The first-order valence-corrected chi connectivity index (χ1v) is 4.16. The van der Waals surface area contributed by atoms with Crippen LogP contribution >= 0.6 is 0 Å². The predicted molar refractivity (Wildman–Crippen MR) is 41.7 cm³/mol. The molecule has 1 fully saturated rings. The molecule has 0 amide bonds. The molecule has 1 aliphatic rings. The lowest BCUT2D eigenvalue weighted by Crippen LogP contribution is -2.33.